The van der Waals surface area contributed by atoms with Crippen LogP contribution in [-0.2, 0) is 0 Å². The molecule has 2 aromatic carbocycles. The summed E-state index contributed by atoms with van der Waals surface area (Å²) in [7, 11) is 1.72. The van der Waals surface area contributed by atoms with Crippen molar-refractivity contribution in [2.75, 3.05) is 32.3 Å². The Morgan fingerprint density at radius 3 is 2.72 bits per heavy atom. The van der Waals surface area contributed by atoms with Crippen LogP contribution in [0.25, 0.3) is 0 Å². The average molecular weight is 340 g/mol. The summed E-state index contributed by atoms with van der Waals surface area (Å²) >= 11 is 0. The number of carbonyl (C=O) groups excluding carboxylic acids is 2. The number of likely N-dealkylation sites (N-methyl/N-ethyl adjacent to an activating group) is 1. The van der Waals surface area contributed by atoms with Crippen molar-refractivity contribution < 1.29 is 23.8 Å². The van der Waals surface area contributed by atoms with Crippen molar-refractivity contribution in [1.82, 2.24) is 4.90 Å². The van der Waals surface area contributed by atoms with E-state index in [2.05, 4.69) is 5.32 Å². The Kier molecular flexibility index (Phi) is 3.68. The highest BCUT2D eigenvalue weighted by molar-refractivity contribution is 6.06. The number of rotatable bonds is 2. The molecule has 0 spiro atoms. The fraction of sp³-hybridized carbons (Fsp3) is 0.222. The summed E-state index contributed by atoms with van der Waals surface area (Å²) in [4.78, 5) is 26.4. The molecule has 0 fully saturated rings. The number of anilines is 1. The second-order valence-corrected chi connectivity index (χ2v) is 5.81. The molecule has 0 atom stereocenters. The highest BCUT2D eigenvalue weighted by Gasteiger charge is 2.22. The maximum atomic E-state index is 12.5. The van der Waals surface area contributed by atoms with Crippen molar-refractivity contribution in [3.05, 3.63) is 47.5 Å². The number of ether oxygens (including phenoxy) is 3. The molecule has 7 nitrogen and oxygen atoms in total. The number of hydrogen-bond acceptors (Lipinski definition) is 5. The largest absolute Gasteiger partial charge is 0.491 e. The van der Waals surface area contributed by atoms with E-state index in [1.807, 2.05) is 0 Å². The third-order valence-electron chi connectivity index (χ3n) is 4.13. The summed E-state index contributed by atoms with van der Waals surface area (Å²) in [6.07, 6.45) is 0. The van der Waals surface area contributed by atoms with E-state index in [0.29, 0.717) is 47.2 Å². The molecule has 0 saturated carbocycles. The van der Waals surface area contributed by atoms with Gasteiger partial charge in [-0.15, -0.1) is 0 Å². The molecule has 0 unspecified atom stereocenters. The van der Waals surface area contributed by atoms with Crippen LogP contribution >= 0.6 is 0 Å². The van der Waals surface area contributed by atoms with Crippen LogP contribution in [0.2, 0.25) is 0 Å². The topological polar surface area (TPSA) is 77.1 Å². The van der Waals surface area contributed by atoms with Gasteiger partial charge in [-0.2, -0.15) is 0 Å². The molecule has 7 heteroatoms. The summed E-state index contributed by atoms with van der Waals surface area (Å²) < 4.78 is 16.1. The number of amides is 2. The molecule has 25 heavy (non-hydrogen) atoms. The minimum absolute atomic E-state index is 0.133. The highest BCUT2D eigenvalue weighted by Crippen LogP contribution is 2.33. The van der Waals surface area contributed by atoms with Gasteiger partial charge in [-0.05, 0) is 36.4 Å². The number of benzene rings is 2. The quantitative estimate of drug-likeness (QED) is 0.906. The molecule has 2 aliphatic heterocycles. The molecule has 2 aromatic rings. The van der Waals surface area contributed by atoms with Crippen molar-refractivity contribution in [2.45, 2.75) is 0 Å². The van der Waals surface area contributed by atoms with Crippen LogP contribution in [0.3, 0.4) is 0 Å². The number of fused-ring (bicyclic) bond motifs is 2. The van der Waals surface area contributed by atoms with Crippen molar-refractivity contribution in [1.29, 1.82) is 0 Å². The predicted molar refractivity (Wildman–Crippen MR) is 89.4 cm³/mol. The average Bonchev–Trinajstić information content (AvgIpc) is 3.04. The zero-order chi connectivity index (χ0) is 17.4. The summed E-state index contributed by atoms with van der Waals surface area (Å²) in [5.74, 6) is 1.25. The van der Waals surface area contributed by atoms with E-state index in [4.69, 9.17) is 14.2 Å². The van der Waals surface area contributed by atoms with Gasteiger partial charge in [0.15, 0.2) is 11.5 Å². The summed E-state index contributed by atoms with van der Waals surface area (Å²) in [6.45, 7) is 1.12. The molecule has 0 bridgehead atoms. The molecule has 2 amide bonds. The van der Waals surface area contributed by atoms with Crippen LogP contribution in [-0.4, -0.2) is 43.7 Å². The monoisotopic (exact) mass is 340 g/mol. The summed E-state index contributed by atoms with van der Waals surface area (Å²) in [5.41, 5.74) is 1.40. The minimum atomic E-state index is -0.298. The van der Waals surface area contributed by atoms with Crippen molar-refractivity contribution in [2.24, 2.45) is 0 Å². The fourth-order valence-corrected chi connectivity index (χ4v) is 2.74. The minimum Gasteiger partial charge on any atom is -0.491 e. The Bertz CT molecular complexity index is 865. The Labute approximate surface area is 144 Å². The Morgan fingerprint density at radius 2 is 1.84 bits per heavy atom. The van der Waals surface area contributed by atoms with E-state index in [1.54, 1.807) is 48.3 Å². The first kappa shape index (κ1) is 15.3. The van der Waals surface area contributed by atoms with Gasteiger partial charge in [0.05, 0.1) is 12.1 Å². The van der Waals surface area contributed by atoms with Crippen molar-refractivity contribution >= 4 is 17.5 Å². The Hall–Kier alpha value is -3.22. The SMILES string of the molecule is CN1CCOc2ccc(NC(=O)c3ccc4c(c3)OCO4)cc2C1=O. The number of hydrogen-bond donors (Lipinski definition) is 1. The smallest absolute Gasteiger partial charge is 0.257 e. The molecule has 2 heterocycles. The number of nitrogens with one attached hydrogen (secondary N) is 1. The van der Waals surface area contributed by atoms with Gasteiger partial charge in [-0.3, -0.25) is 9.59 Å². The summed E-state index contributed by atoms with van der Waals surface area (Å²) in [5, 5.41) is 2.79. The van der Waals surface area contributed by atoms with E-state index in [1.165, 1.54) is 0 Å². The predicted octanol–water partition coefficient (Wildman–Crippen LogP) is 2.13. The van der Waals surface area contributed by atoms with E-state index >= 15 is 0 Å². The van der Waals surface area contributed by atoms with Crippen LogP contribution < -0.4 is 19.5 Å². The third-order valence-corrected chi connectivity index (χ3v) is 4.13. The Balaban J connectivity index is 1.58. The van der Waals surface area contributed by atoms with E-state index in [9.17, 15) is 9.59 Å². The molecular formula is C18H16N2O5. The lowest BCUT2D eigenvalue weighted by atomic mass is 10.1. The maximum Gasteiger partial charge on any atom is 0.257 e. The fourth-order valence-electron chi connectivity index (χ4n) is 2.74. The lowest BCUT2D eigenvalue weighted by molar-refractivity contribution is 0.0796. The Morgan fingerprint density at radius 1 is 1.04 bits per heavy atom. The molecule has 128 valence electrons. The van der Waals surface area contributed by atoms with Gasteiger partial charge in [0.25, 0.3) is 11.8 Å². The lowest BCUT2D eigenvalue weighted by Crippen LogP contribution is -2.27. The lowest BCUT2D eigenvalue weighted by Gasteiger charge is -2.13. The molecular weight excluding hydrogens is 324 g/mol. The van der Waals surface area contributed by atoms with Gasteiger partial charge in [0, 0.05) is 18.3 Å². The standard InChI is InChI=1S/C18H16N2O5/c1-20-6-7-23-14-5-3-12(9-13(14)18(20)22)19-17(21)11-2-4-15-16(8-11)25-10-24-15/h2-5,8-9H,6-7,10H2,1H3,(H,19,21). The van der Waals surface area contributed by atoms with Crippen molar-refractivity contribution in [3.8, 4) is 17.2 Å². The molecule has 0 aliphatic carbocycles. The second-order valence-electron chi connectivity index (χ2n) is 5.81. The third kappa shape index (κ3) is 2.84. The van der Waals surface area contributed by atoms with Crippen LogP contribution in [0.1, 0.15) is 20.7 Å². The van der Waals surface area contributed by atoms with Crippen LogP contribution in [0.15, 0.2) is 36.4 Å². The molecule has 0 aromatic heterocycles. The van der Waals surface area contributed by atoms with Gasteiger partial charge in [-0.1, -0.05) is 0 Å². The van der Waals surface area contributed by atoms with Gasteiger partial charge in [0.1, 0.15) is 12.4 Å². The molecule has 0 saturated heterocycles. The summed E-state index contributed by atoms with van der Waals surface area (Å²) in [6, 6.07) is 10.0. The van der Waals surface area contributed by atoms with Gasteiger partial charge >= 0.3 is 0 Å². The van der Waals surface area contributed by atoms with Gasteiger partial charge in [0.2, 0.25) is 6.79 Å². The van der Waals surface area contributed by atoms with Crippen LogP contribution in [0.4, 0.5) is 5.69 Å². The van der Waals surface area contributed by atoms with Crippen molar-refractivity contribution in [3.63, 3.8) is 0 Å². The zero-order valence-electron chi connectivity index (χ0n) is 13.6. The van der Waals surface area contributed by atoms with Gasteiger partial charge < -0.3 is 24.4 Å². The first-order valence-electron chi connectivity index (χ1n) is 7.85. The highest BCUT2D eigenvalue weighted by atomic mass is 16.7. The zero-order valence-corrected chi connectivity index (χ0v) is 13.6. The first-order chi connectivity index (χ1) is 12.1. The van der Waals surface area contributed by atoms with Crippen LogP contribution in [0, 0.1) is 0 Å². The number of carbonyl (C=O) groups is 2. The first-order valence-corrected chi connectivity index (χ1v) is 7.85. The maximum absolute atomic E-state index is 12.5. The van der Waals surface area contributed by atoms with Gasteiger partial charge in [-0.25, -0.2) is 0 Å². The normalized spacial score (nSPS) is 15.2. The molecule has 4 rings (SSSR count). The molecule has 0 radical (unpaired) electrons. The second kappa shape index (κ2) is 6.01. The van der Waals surface area contributed by atoms with Crippen LogP contribution in [0.5, 0.6) is 17.2 Å². The molecule has 1 N–H and O–H groups in total. The molecule has 2 aliphatic rings. The van der Waals surface area contributed by atoms with E-state index in [-0.39, 0.29) is 18.6 Å². The number of nitrogens with zero attached hydrogens (tertiary/aromatic N) is 1. The van der Waals surface area contributed by atoms with E-state index < -0.39 is 0 Å². The van der Waals surface area contributed by atoms with E-state index in [0.717, 1.165) is 0 Å².